The lowest BCUT2D eigenvalue weighted by Gasteiger charge is -2.22. The van der Waals surface area contributed by atoms with E-state index in [1.54, 1.807) is 17.1 Å². The summed E-state index contributed by atoms with van der Waals surface area (Å²) < 4.78 is 1.63. The maximum Gasteiger partial charge on any atom is 0.181 e. The van der Waals surface area contributed by atoms with Gasteiger partial charge in [-0.25, -0.2) is 14.6 Å². The highest BCUT2D eigenvalue weighted by atomic mass is 16.3. The number of aromatic nitrogens is 4. The molecule has 1 saturated carbocycles. The predicted molar refractivity (Wildman–Crippen MR) is 80.0 cm³/mol. The normalized spacial score (nSPS) is 21.6. The molecule has 7 nitrogen and oxygen atoms in total. The van der Waals surface area contributed by atoms with Crippen molar-refractivity contribution in [2.45, 2.75) is 31.7 Å². The van der Waals surface area contributed by atoms with Crippen LogP contribution >= 0.6 is 0 Å². The van der Waals surface area contributed by atoms with E-state index < -0.39 is 0 Å². The first-order chi connectivity index (χ1) is 10.3. The van der Waals surface area contributed by atoms with Gasteiger partial charge in [0.15, 0.2) is 11.6 Å². The third-order valence-electron chi connectivity index (χ3n) is 4.07. The molecule has 0 amide bonds. The molecule has 3 rings (SSSR count). The molecule has 1 aliphatic rings. The number of nitrogens with one attached hydrogen (secondary N) is 1. The first-order valence-electron chi connectivity index (χ1n) is 7.27. The number of nitrogens with zero attached hydrogens (tertiary/aromatic N) is 4. The highest BCUT2D eigenvalue weighted by molar-refractivity contribution is 5.69. The molecule has 112 valence electrons. The lowest BCUT2D eigenvalue weighted by atomic mass is 10.00. The van der Waals surface area contributed by atoms with Crippen molar-refractivity contribution in [1.82, 2.24) is 19.7 Å². The van der Waals surface area contributed by atoms with Crippen LogP contribution in [-0.2, 0) is 0 Å². The predicted octanol–water partition coefficient (Wildman–Crippen LogP) is 1.21. The zero-order valence-corrected chi connectivity index (χ0v) is 11.8. The Morgan fingerprint density at radius 3 is 3.05 bits per heavy atom. The Hall–Kier alpha value is -2.15. The molecule has 2 heterocycles. The summed E-state index contributed by atoms with van der Waals surface area (Å²) in [5.74, 6) is 1.69. The molecule has 2 unspecified atom stereocenters. The summed E-state index contributed by atoms with van der Waals surface area (Å²) in [6.07, 6.45) is 9.16. The van der Waals surface area contributed by atoms with E-state index in [1.165, 1.54) is 12.7 Å². The fourth-order valence-corrected chi connectivity index (χ4v) is 2.99. The van der Waals surface area contributed by atoms with Gasteiger partial charge in [0, 0.05) is 25.0 Å². The molecule has 0 aliphatic heterocycles. The fourth-order valence-electron chi connectivity index (χ4n) is 2.99. The minimum atomic E-state index is 0.223. The minimum Gasteiger partial charge on any atom is -0.396 e. The second-order valence-corrected chi connectivity index (χ2v) is 5.36. The number of aliphatic hydroxyl groups is 1. The molecule has 1 aliphatic carbocycles. The quantitative estimate of drug-likeness (QED) is 0.764. The van der Waals surface area contributed by atoms with E-state index in [1.807, 2.05) is 6.07 Å². The van der Waals surface area contributed by atoms with E-state index in [4.69, 9.17) is 10.8 Å². The zero-order chi connectivity index (χ0) is 14.7. The number of aliphatic hydroxyl groups excluding tert-OH is 1. The van der Waals surface area contributed by atoms with Crippen LogP contribution in [0.4, 0.5) is 11.5 Å². The van der Waals surface area contributed by atoms with Crippen LogP contribution in [0, 0.1) is 5.92 Å². The van der Waals surface area contributed by atoms with Gasteiger partial charge in [0.25, 0.3) is 0 Å². The SMILES string of the molecule is Nc1c(NC2CCCC2CCO)ncnc1-n1cccn1. The summed E-state index contributed by atoms with van der Waals surface area (Å²) in [6.45, 7) is 0.223. The lowest BCUT2D eigenvalue weighted by Crippen LogP contribution is -2.26. The van der Waals surface area contributed by atoms with E-state index in [0.29, 0.717) is 29.3 Å². The largest absolute Gasteiger partial charge is 0.396 e. The first-order valence-corrected chi connectivity index (χ1v) is 7.27. The molecule has 0 radical (unpaired) electrons. The van der Waals surface area contributed by atoms with Crippen LogP contribution in [0.25, 0.3) is 5.82 Å². The number of hydrogen-bond donors (Lipinski definition) is 3. The average Bonchev–Trinajstić information content (AvgIpc) is 3.14. The van der Waals surface area contributed by atoms with E-state index in [2.05, 4.69) is 20.4 Å². The Balaban J connectivity index is 1.81. The Bertz CT molecular complexity index is 585. The van der Waals surface area contributed by atoms with Crippen LogP contribution in [0.1, 0.15) is 25.7 Å². The summed E-state index contributed by atoms with van der Waals surface area (Å²) in [5.41, 5.74) is 6.67. The number of anilines is 2. The molecule has 0 spiro atoms. The molecule has 0 bridgehead atoms. The average molecular weight is 288 g/mol. The molecule has 0 aromatic carbocycles. The van der Waals surface area contributed by atoms with Crippen molar-refractivity contribution in [3.63, 3.8) is 0 Å². The molecule has 2 aromatic rings. The van der Waals surface area contributed by atoms with E-state index in [9.17, 15) is 0 Å². The van der Waals surface area contributed by atoms with Crippen molar-refractivity contribution in [3.8, 4) is 5.82 Å². The van der Waals surface area contributed by atoms with Gasteiger partial charge in [-0.1, -0.05) is 6.42 Å². The van der Waals surface area contributed by atoms with Crippen molar-refractivity contribution in [1.29, 1.82) is 0 Å². The molecule has 2 atom stereocenters. The van der Waals surface area contributed by atoms with Crippen molar-refractivity contribution in [2.24, 2.45) is 5.92 Å². The van der Waals surface area contributed by atoms with Crippen molar-refractivity contribution >= 4 is 11.5 Å². The van der Waals surface area contributed by atoms with Crippen LogP contribution in [0.15, 0.2) is 24.8 Å². The first kappa shape index (κ1) is 13.8. The maximum atomic E-state index is 9.14. The highest BCUT2D eigenvalue weighted by Gasteiger charge is 2.27. The molecule has 1 fully saturated rings. The Morgan fingerprint density at radius 1 is 1.38 bits per heavy atom. The van der Waals surface area contributed by atoms with Crippen molar-refractivity contribution < 1.29 is 5.11 Å². The summed E-state index contributed by atoms with van der Waals surface area (Å²) in [4.78, 5) is 8.45. The van der Waals surface area contributed by atoms with Gasteiger partial charge in [-0.15, -0.1) is 0 Å². The van der Waals surface area contributed by atoms with Gasteiger partial charge in [0.05, 0.1) is 0 Å². The second-order valence-electron chi connectivity index (χ2n) is 5.36. The van der Waals surface area contributed by atoms with E-state index in [-0.39, 0.29) is 6.61 Å². The van der Waals surface area contributed by atoms with Crippen molar-refractivity contribution in [3.05, 3.63) is 24.8 Å². The number of nitrogen functional groups attached to an aromatic ring is 1. The Morgan fingerprint density at radius 2 is 2.29 bits per heavy atom. The summed E-state index contributed by atoms with van der Waals surface area (Å²) in [6, 6.07) is 2.13. The Labute approximate surface area is 123 Å². The third-order valence-corrected chi connectivity index (χ3v) is 4.07. The number of rotatable bonds is 5. The van der Waals surface area contributed by atoms with Crippen LogP contribution < -0.4 is 11.1 Å². The van der Waals surface area contributed by atoms with Crippen LogP contribution in [-0.4, -0.2) is 37.5 Å². The van der Waals surface area contributed by atoms with Gasteiger partial charge in [0.2, 0.25) is 0 Å². The topological polar surface area (TPSA) is 102 Å². The van der Waals surface area contributed by atoms with Gasteiger partial charge in [-0.3, -0.25) is 0 Å². The summed E-state index contributed by atoms with van der Waals surface area (Å²) in [5, 5.41) is 16.7. The van der Waals surface area contributed by atoms with Crippen molar-refractivity contribution in [2.75, 3.05) is 17.7 Å². The molecule has 7 heteroatoms. The van der Waals surface area contributed by atoms with E-state index in [0.717, 1.165) is 19.3 Å². The molecule has 4 N–H and O–H groups in total. The van der Waals surface area contributed by atoms with Gasteiger partial charge in [-0.05, 0) is 31.2 Å². The van der Waals surface area contributed by atoms with Gasteiger partial charge in [0.1, 0.15) is 12.0 Å². The van der Waals surface area contributed by atoms with E-state index >= 15 is 0 Å². The maximum absolute atomic E-state index is 9.14. The third kappa shape index (κ3) is 2.82. The van der Waals surface area contributed by atoms with Crippen LogP contribution in [0.5, 0.6) is 0 Å². The highest BCUT2D eigenvalue weighted by Crippen LogP contribution is 2.32. The zero-order valence-electron chi connectivity index (χ0n) is 11.8. The van der Waals surface area contributed by atoms with Gasteiger partial charge in [-0.2, -0.15) is 5.10 Å². The Kier molecular flexibility index (Phi) is 4.01. The molecule has 21 heavy (non-hydrogen) atoms. The molecule has 0 saturated heterocycles. The molecular weight excluding hydrogens is 268 g/mol. The van der Waals surface area contributed by atoms with Gasteiger partial charge >= 0.3 is 0 Å². The number of hydrogen-bond acceptors (Lipinski definition) is 6. The monoisotopic (exact) mass is 288 g/mol. The fraction of sp³-hybridized carbons (Fsp3) is 0.500. The number of nitrogens with two attached hydrogens (primary N) is 1. The molecular formula is C14H20N6O. The second kappa shape index (κ2) is 6.09. The molecule has 2 aromatic heterocycles. The van der Waals surface area contributed by atoms with Crippen LogP contribution in [0.3, 0.4) is 0 Å². The summed E-state index contributed by atoms with van der Waals surface area (Å²) in [7, 11) is 0. The minimum absolute atomic E-state index is 0.223. The van der Waals surface area contributed by atoms with Crippen LogP contribution in [0.2, 0.25) is 0 Å². The van der Waals surface area contributed by atoms with Gasteiger partial charge < -0.3 is 16.2 Å². The summed E-state index contributed by atoms with van der Waals surface area (Å²) >= 11 is 0. The standard InChI is InChI=1S/C14H20N6O/c15-12-13(19-11-4-1-3-10(11)5-8-21)16-9-17-14(12)20-7-2-6-18-20/h2,6-7,9-11,21H,1,3-5,8,15H2,(H,16,17,19). The lowest BCUT2D eigenvalue weighted by molar-refractivity contribution is 0.254. The smallest absolute Gasteiger partial charge is 0.181 e.